The van der Waals surface area contributed by atoms with E-state index in [4.69, 9.17) is 20.2 Å². The monoisotopic (exact) mass is 580 g/mol. The lowest BCUT2D eigenvalue weighted by Crippen LogP contribution is -2.04. The summed E-state index contributed by atoms with van der Waals surface area (Å²) in [6.45, 7) is 5.93. The van der Waals surface area contributed by atoms with E-state index in [0.717, 1.165) is 77.9 Å². The Labute approximate surface area is 260 Å². The molecule has 0 spiro atoms. The van der Waals surface area contributed by atoms with Crippen LogP contribution in [0, 0.1) is 0 Å². The van der Waals surface area contributed by atoms with Crippen LogP contribution >= 0.6 is 0 Å². The lowest BCUT2D eigenvalue weighted by atomic mass is 10.0. The normalized spacial score (nSPS) is 12.2. The smallest absolute Gasteiger partial charge is 0.139 e. The fourth-order valence-electron chi connectivity index (χ4n) is 6.23. The fourth-order valence-corrected chi connectivity index (χ4v) is 6.23. The summed E-state index contributed by atoms with van der Waals surface area (Å²) in [6, 6.07) is 37.2. The average Bonchev–Trinajstić information content (AvgIpc) is 3.62. The molecule has 0 aliphatic rings. The standard InChI is InChI=1S/C39H28N6/c1-3-5-15-26(4-2)28-24-31(27-16-7-6-8-17-27)41-35(25-28)45-33-21-12-10-19-30(33)37-39(45)38-36(42-43-37)29-18-9-11-20-32(29)44(38)34-22-13-14-23-40-34/h3-25H,1H2,2H3/b15-5-,26-4+. The van der Waals surface area contributed by atoms with Crippen molar-refractivity contribution in [3.8, 4) is 22.9 Å². The third-order valence-electron chi connectivity index (χ3n) is 8.22. The number of benzene rings is 3. The molecule has 3 aromatic carbocycles. The van der Waals surface area contributed by atoms with Gasteiger partial charge >= 0.3 is 0 Å². The lowest BCUT2D eigenvalue weighted by Gasteiger charge is -2.14. The zero-order valence-corrected chi connectivity index (χ0v) is 24.7. The van der Waals surface area contributed by atoms with Crippen LogP contribution in [0.5, 0.6) is 0 Å². The molecule has 8 rings (SSSR count). The average molecular weight is 581 g/mol. The van der Waals surface area contributed by atoms with Gasteiger partial charge in [0.25, 0.3) is 0 Å². The molecule has 0 atom stereocenters. The van der Waals surface area contributed by atoms with Crippen molar-refractivity contribution in [3.05, 3.63) is 152 Å². The Morgan fingerprint density at radius 2 is 1.31 bits per heavy atom. The lowest BCUT2D eigenvalue weighted by molar-refractivity contribution is 1.04. The third-order valence-corrected chi connectivity index (χ3v) is 8.22. The second kappa shape index (κ2) is 10.8. The van der Waals surface area contributed by atoms with E-state index in [0.29, 0.717) is 0 Å². The van der Waals surface area contributed by atoms with Gasteiger partial charge in [0, 0.05) is 22.5 Å². The molecule has 6 nitrogen and oxygen atoms in total. The Balaban J connectivity index is 1.56. The van der Waals surface area contributed by atoms with Crippen LogP contribution < -0.4 is 0 Å². The first-order valence-corrected chi connectivity index (χ1v) is 14.9. The van der Waals surface area contributed by atoms with Crippen molar-refractivity contribution in [2.24, 2.45) is 0 Å². The van der Waals surface area contributed by atoms with Gasteiger partial charge in [-0.15, -0.1) is 10.2 Å². The quantitative estimate of drug-likeness (QED) is 0.184. The second-order valence-electron chi connectivity index (χ2n) is 10.8. The van der Waals surface area contributed by atoms with E-state index < -0.39 is 0 Å². The van der Waals surface area contributed by atoms with Gasteiger partial charge in [-0.05, 0) is 54.5 Å². The number of fused-ring (bicyclic) bond motifs is 7. The molecular weight excluding hydrogens is 552 g/mol. The molecule has 8 aromatic rings. The van der Waals surface area contributed by atoms with Gasteiger partial charge in [0.05, 0.1) is 16.7 Å². The molecule has 0 unspecified atom stereocenters. The molecule has 0 aliphatic heterocycles. The van der Waals surface area contributed by atoms with E-state index in [1.165, 1.54) is 0 Å². The predicted molar refractivity (Wildman–Crippen MR) is 185 cm³/mol. The number of hydrogen-bond donors (Lipinski definition) is 0. The number of para-hydroxylation sites is 2. The molecule has 0 amide bonds. The summed E-state index contributed by atoms with van der Waals surface area (Å²) in [5.41, 5.74) is 9.54. The van der Waals surface area contributed by atoms with E-state index >= 15 is 0 Å². The first kappa shape index (κ1) is 26.5. The SMILES string of the molecule is C=C/C=C\C(=C/C)c1cc(-c2ccccc2)nc(-n2c3ccccc3c3nnc4c5ccccc5n(-c5ccccn5)c4c32)c1. The summed E-state index contributed by atoms with van der Waals surface area (Å²) in [5.74, 6) is 1.60. The molecular formula is C39H28N6. The maximum absolute atomic E-state index is 5.32. The Bertz CT molecular complexity index is 2450. The molecule has 0 saturated carbocycles. The summed E-state index contributed by atoms with van der Waals surface area (Å²) >= 11 is 0. The van der Waals surface area contributed by atoms with Crippen LogP contribution in [0.2, 0.25) is 0 Å². The van der Waals surface area contributed by atoms with E-state index in [1.807, 2.05) is 66.9 Å². The van der Waals surface area contributed by atoms with Crippen molar-refractivity contribution in [3.63, 3.8) is 0 Å². The maximum Gasteiger partial charge on any atom is 0.139 e. The Morgan fingerprint density at radius 3 is 1.93 bits per heavy atom. The molecule has 5 heterocycles. The van der Waals surface area contributed by atoms with Crippen molar-refractivity contribution in [1.29, 1.82) is 0 Å². The molecule has 214 valence electrons. The summed E-state index contributed by atoms with van der Waals surface area (Å²) in [5, 5.41) is 11.7. The van der Waals surface area contributed by atoms with Gasteiger partial charge < -0.3 is 0 Å². The molecule has 5 aromatic heterocycles. The molecule has 45 heavy (non-hydrogen) atoms. The first-order valence-electron chi connectivity index (χ1n) is 14.9. The van der Waals surface area contributed by atoms with Gasteiger partial charge in [0.15, 0.2) is 0 Å². The van der Waals surface area contributed by atoms with Crippen LogP contribution in [-0.4, -0.2) is 29.3 Å². The van der Waals surface area contributed by atoms with Crippen molar-refractivity contribution < 1.29 is 0 Å². The molecule has 0 bridgehead atoms. The zero-order chi connectivity index (χ0) is 30.3. The van der Waals surface area contributed by atoms with E-state index in [2.05, 4.69) is 89.4 Å². The molecule has 0 fully saturated rings. The second-order valence-corrected chi connectivity index (χ2v) is 10.8. The maximum atomic E-state index is 5.32. The fraction of sp³-hybridized carbons (Fsp3) is 0.0256. The van der Waals surface area contributed by atoms with Gasteiger partial charge in [-0.3, -0.25) is 9.13 Å². The van der Waals surface area contributed by atoms with Crippen LogP contribution in [0.3, 0.4) is 0 Å². The van der Waals surface area contributed by atoms with E-state index in [9.17, 15) is 0 Å². The van der Waals surface area contributed by atoms with E-state index in [-0.39, 0.29) is 0 Å². The third kappa shape index (κ3) is 4.26. The summed E-state index contributed by atoms with van der Waals surface area (Å²) in [4.78, 5) is 10.1. The zero-order valence-electron chi connectivity index (χ0n) is 24.7. The molecule has 0 aliphatic carbocycles. The van der Waals surface area contributed by atoms with Crippen molar-refractivity contribution in [2.45, 2.75) is 6.92 Å². The topological polar surface area (TPSA) is 61.4 Å². The highest BCUT2D eigenvalue weighted by Gasteiger charge is 2.24. The van der Waals surface area contributed by atoms with E-state index in [1.54, 1.807) is 6.08 Å². The molecule has 6 heteroatoms. The Hall–Kier alpha value is -6.14. The van der Waals surface area contributed by atoms with Crippen molar-refractivity contribution >= 4 is 49.4 Å². The summed E-state index contributed by atoms with van der Waals surface area (Å²) in [6.07, 6.45) is 9.77. The van der Waals surface area contributed by atoms with Gasteiger partial charge in [0.2, 0.25) is 0 Å². The number of allylic oxidation sites excluding steroid dienone is 5. The van der Waals surface area contributed by atoms with Gasteiger partial charge in [-0.2, -0.15) is 0 Å². The van der Waals surface area contributed by atoms with Crippen LogP contribution in [0.4, 0.5) is 0 Å². The number of aromatic nitrogens is 6. The van der Waals surface area contributed by atoms with Gasteiger partial charge in [-0.1, -0.05) is 104 Å². The number of hydrogen-bond acceptors (Lipinski definition) is 4. The highest BCUT2D eigenvalue weighted by Crippen LogP contribution is 2.39. The van der Waals surface area contributed by atoms with Gasteiger partial charge in [0.1, 0.15) is 33.7 Å². The van der Waals surface area contributed by atoms with Crippen LogP contribution in [-0.2, 0) is 0 Å². The van der Waals surface area contributed by atoms with Crippen LogP contribution in [0.1, 0.15) is 12.5 Å². The Morgan fingerprint density at radius 1 is 0.689 bits per heavy atom. The minimum Gasteiger partial charge on any atom is -0.290 e. The highest BCUT2D eigenvalue weighted by molar-refractivity contribution is 6.20. The predicted octanol–water partition coefficient (Wildman–Crippen LogP) is 9.27. The molecule has 0 saturated heterocycles. The molecule has 0 radical (unpaired) electrons. The molecule has 0 N–H and O–H groups in total. The van der Waals surface area contributed by atoms with Crippen LogP contribution in [0.15, 0.2) is 146 Å². The summed E-state index contributed by atoms with van der Waals surface area (Å²) < 4.78 is 4.43. The minimum atomic E-state index is 0.788. The largest absolute Gasteiger partial charge is 0.290 e. The number of rotatable bonds is 6. The first-order chi connectivity index (χ1) is 22.3. The summed E-state index contributed by atoms with van der Waals surface area (Å²) in [7, 11) is 0. The highest BCUT2D eigenvalue weighted by atomic mass is 15.2. The van der Waals surface area contributed by atoms with Crippen LogP contribution in [0.25, 0.3) is 72.3 Å². The van der Waals surface area contributed by atoms with Gasteiger partial charge in [-0.25, -0.2) is 9.97 Å². The Kier molecular flexibility index (Phi) is 6.38. The minimum absolute atomic E-state index is 0.788. The van der Waals surface area contributed by atoms with Crippen molar-refractivity contribution in [1.82, 2.24) is 29.3 Å². The van der Waals surface area contributed by atoms with Crippen molar-refractivity contribution in [2.75, 3.05) is 0 Å². The number of nitrogens with zero attached hydrogens (tertiary/aromatic N) is 6. The number of pyridine rings is 2.